The summed E-state index contributed by atoms with van der Waals surface area (Å²) in [6.07, 6.45) is 3.04. The Kier molecular flexibility index (Phi) is 5.49. The largest absolute Gasteiger partial charge is 0.497 e. The normalized spacial score (nSPS) is 10.8. The summed E-state index contributed by atoms with van der Waals surface area (Å²) in [5.41, 5.74) is 0.534. The van der Waals surface area contributed by atoms with Crippen molar-refractivity contribution in [3.8, 4) is 11.5 Å². The van der Waals surface area contributed by atoms with Crippen LogP contribution in [0.5, 0.6) is 11.5 Å². The van der Waals surface area contributed by atoms with Crippen molar-refractivity contribution in [2.75, 3.05) is 7.11 Å². The first-order valence-corrected chi connectivity index (χ1v) is 7.97. The number of benzene rings is 2. The zero-order chi connectivity index (χ0) is 18.4. The molecule has 0 aliphatic heterocycles. The summed E-state index contributed by atoms with van der Waals surface area (Å²) in [5, 5.41) is 0. The van der Waals surface area contributed by atoms with Gasteiger partial charge in [-0.3, -0.25) is 4.79 Å². The molecular weight excluding hydrogens is 335 g/mol. The average molecular weight is 352 g/mol. The lowest BCUT2D eigenvalue weighted by Gasteiger charge is -2.03. The van der Waals surface area contributed by atoms with E-state index < -0.39 is 0 Å². The van der Waals surface area contributed by atoms with Crippen molar-refractivity contribution >= 4 is 11.9 Å². The van der Waals surface area contributed by atoms with E-state index in [1.165, 1.54) is 18.2 Å². The summed E-state index contributed by atoms with van der Waals surface area (Å²) < 4.78 is 29.1. The van der Waals surface area contributed by atoms with Crippen LogP contribution >= 0.6 is 0 Å². The molecule has 3 rings (SSSR count). The summed E-state index contributed by atoms with van der Waals surface area (Å²) in [4.78, 5) is 12.2. The molecule has 0 amide bonds. The second-order valence-corrected chi connectivity index (χ2v) is 5.48. The van der Waals surface area contributed by atoms with Crippen LogP contribution in [0, 0.1) is 5.82 Å². The summed E-state index contributed by atoms with van der Waals surface area (Å²) >= 11 is 0. The van der Waals surface area contributed by atoms with Crippen molar-refractivity contribution in [3.05, 3.63) is 89.6 Å². The molecule has 3 aromatic rings. The number of ether oxygens (including phenoxy) is 2. The second kappa shape index (κ2) is 8.16. The minimum absolute atomic E-state index is 0.149. The average Bonchev–Trinajstić information content (AvgIpc) is 3.13. The number of hydrogen-bond donors (Lipinski definition) is 0. The molecule has 0 N–H and O–H groups in total. The van der Waals surface area contributed by atoms with Crippen LogP contribution in [0.25, 0.3) is 6.08 Å². The second-order valence-electron chi connectivity index (χ2n) is 5.48. The molecule has 0 aliphatic rings. The van der Waals surface area contributed by atoms with Gasteiger partial charge in [-0.25, -0.2) is 4.39 Å². The third kappa shape index (κ3) is 4.60. The molecule has 1 aromatic heterocycles. The van der Waals surface area contributed by atoms with E-state index in [1.807, 2.05) is 0 Å². The zero-order valence-corrected chi connectivity index (χ0v) is 14.1. The Balaban J connectivity index is 1.59. The number of furan rings is 1. The fourth-order valence-electron chi connectivity index (χ4n) is 2.28. The first-order valence-electron chi connectivity index (χ1n) is 7.97. The van der Waals surface area contributed by atoms with Gasteiger partial charge in [0.15, 0.2) is 5.78 Å². The van der Waals surface area contributed by atoms with Crippen LogP contribution in [0.2, 0.25) is 0 Å². The van der Waals surface area contributed by atoms with E-state index in [-0.39, 0.29) is 18.2 Å². The highest BCUT2D eigenvalue weighted by atomic mass is 19.1. The first kappa shape index (κ1) is 17.5. The van der Waals surface area contributed by atoms with Gasteiger partial charge in [-0.2, -0.15) is 0 Å². The Morgan fingerprint density at radius 3 is 2.65 bits per heavy atom. The number of carbonyl (C=O) groups is 1. The number of hydrogen-bond acceptors (Lipinski definition) is 4. The van der Waals surface area contributed by atoms with Gasteiger partial charge in [0.1, 0.15) is 35.4 Å². The molecule has 0 fully saturated rings. The number of methoxy groups -OCH3 is 1. The van der Waals surface area contributed by atoms with E-state index in [2.05, 4.69) is 0 Å². The van der Waals surface area contributed by atoms with Crippen LogP contribution in [-0.2, 0) is 6.61 Å². The van der Waals surface area contributed by atoms with Gasteiger partial charge >= 0.3 is 0 Å². The number of rotatable bonds is 7. The Labute approximate surface area is 150 Å². The third-order valence-corrected chi connectivity index (χ3v) is 3.63. The van der Waals surface area contributed by atoms with Crippen molar-refractivity contribution in [3.63, 3.8) is 0 Å². The van der Waals surface area contributed by atoms with Crippen LogP contribution in [-0.4, -0.2) is 12.9 Å². The van der Waals surface area contributed by atoms with Crippen LogP contribution in [0.15, 0.2) is 71.2 Å². The van der Waals surface area contributed by atoms with E-state index in [0.29, 0.717) is 28.6 Å². The molecule has 0 unspecified atom stereocenters. The van der Waals surface area contributed by atoms with E-state index in [1.54, 1.807) is 61.7 Å². The van der Waals surface area contributed by atoms with E-state index >= 15 is 0 Å². The van der Waals surface area contributed by atoms with Gasteiger partial charge in [0.05, 0.1) is 7.11 Å². The van der Waals surface area contributed by atoms with Gasteiger partial charge < -0.3 is 13.9 Å². The monoisotopic (exact) mass is 352 g/mol. The summed E-state index contributed by atoms with van der Waals surface area (Å²) in [5.74, 6) is 1.85. The molecule has 0 bridgehead atoms. The fourth-order valence-corrected chi connectivity index (χ4v) is 2.28. The molecule has 0 spiro atoms. The Bertz CT molecular complexity index is 910. The maximum atomic E-state index is 12.9. The van der Waals surface area contributed by atoms with Gasteiger partial charge in [0, 0.05) is 5.56 Å². The van der Waals surface area contributed by atoms with Crippen LogP contribution in [0.1, 0.15) is 21.9 Å². The van der Waals surface area contributed by atoms with Gasteiger partial charge in [-0.1, -0.05) is 12.1 Å². The van der Waals surface area contributed by atoms with Crippen molar-refractivity contribution in [2.24, 2.45) is 0 Å². The topological polar surface area (TPSA) is 48.7 Å². The lowest BCUT2D eigenvalue weighted by atomic mass is 10.1. The van der Waals surface area contributed by atoms with Crippen LogP contribution in [0.4, 0.5) is 4.39 Å². The maximum Gasteiger partial charge on any atom is 0.186 e. The van der Waals surface area contributed by atoms with Gasteiger partial charge in [0.25, 0.3) is 0 Å². The number of halogens is 1. The molecule has 1 heterocycles. The van der Waals surface area contributed by atoms with E-state index in [9.17, 15) is 9.18 Å². The predicted molar refractivity (Wildman–Crippen MR) is 95.8 cm³/mol. The van der Waals surface area contributed by atoms with Crippen LogP contribution in [0.3, 0.4) is 0 Å². The Hall–Kier alpha value is -3.34. The lowest BCUT2D eigenvalue weighted by molar-refractivity contribution is 0.104. The molecule has 0 radical (unpaired) electrons. The molecular formula is C21H17FO4. The van der Waals surface area contributed by atoms with Crippen molar-refractivity contribution in [2.45, 2.75) is 6.61 Å². The SMILES string of the molecule is COc1cccc(C(=O)/C=C/c2ccc(COc3ccc(F)cc3)o2)c1. The minimum atomic E-state index is -0.316. The maximum absolute atomic E-state index is 12.9. The molecule has 5 heteroatoms. The van der Waals surface area contributed by atoms with E-state index in [0.717, 1.165) is 0 Å². The number of allylic oxidation sites excluding steroid dienone is 1. The van der Waals surface area contributed by atoms with Crippen molar-refractivity contribution in [1.29, 1.82) is 0 Å². The number of ketones is 1. The molecule has 2 aromatic carbocycles. The first-order chi connectivity index (χ1) is 12.6. The third-order valence-electron chi connectivity index (χ3n) is 3.63. The zero-order valence-electron chi connectivity index (χ0n) is 14.1. The summed E-state index contributed by atoms with van der Waals surface area (Å²) in [6.45, 7) is 0.212. The predicted octanol–water partition coefficient (Wildman–Crippen LogP) is 4.90. The molecule has 26 heavy (non-hydrogen) atoms. The highest BCUT2D eigenvalue weighted by Crippen LogP contribution is 2.17. The molecule has 0 aliphatic carbocycles. The Morgan fingerprint density at radius 2 is 1.88 bits per heavy atom. The minimum Gasteiger partial charge on any atom is -0.497 e. The fraction of sp³-hybridized carbons (Fsp3) is 0.0952. The highest BCUT2D eigenvalue weighted by Gasteiger charge is 2.05. The van der Waals surface area contributed by atoms with Crippen molar-refractivity contribution in [1.82, 2.24) is 0 Å². The summed E-state index contributed by atoms with van der Waals surface area (Å²) in [6, 6.07) is 16.2. The standard InChI is InChI=1S/C21H17FO4/c1-24-19-4-2-3-15(13-19)21(23)12-11-18-9-10-20(26-18)14-25-17-7-5-16(22)6-8-17/h2-13H,14H2,1H3/b12-11+. The van der Waals surface area contributed by atoms with Gasteiger partial charge in [-0.05, 0) is 60.7 Å². The number of carbonyl (C=O) groups excluding carboxylic acids is 1. The lowest BCUT2D eigenvalue weighted by Crippen LogP contribution is -1.94. The quantitative estimate of drug-likeness (QED) is 0.448. The molecule has 0 atom stereocenters. The van der Waals surface area contributed by atoms with Crippen molar-refractivity contribution < 1.29 is 23.1 Å². The molecule has 4 nitrogen and oxygen atoms in total. The highest BCUT2D eigenvalue weighted by molar-refractivity contribution is 6.06. The molecule has 0 saturated heterocycles. The Morgan fingerprint density at radius 1 is 1.08 bits per heavy atom. The van der Waals surface area contributed by atoms with Crippen LogP contribution < -0.4 is 9.47 Å². The molecule has 0 saturated carbocycles. The smallest absolute Gasteiger partial charge is 0.186 e. The van der Waals surface area contributed by atoms with Gasteiger partial charge in [0.2, 0.25) is 0 Å². The molecule has 132 valence electrons. The summed E-state index contributed by atoms with van der Waals surface area (Å²) in [7, 11) is 1.55. The van der Waals surface area contributed by atoms with E-state index in [4.69, 9.17) is 13.9 Å². The van der Waals surface area contributed by atoms with Gasteiger partial charge in [-0.15, -0.1) is 0 Å².